The maximum atomic E-state index is 11.5. The molecule has 0 aromatic rings. The largest absolute Gasteiger partial charge is 0.444 e. The Balaban J connectivity index is 2.55. The molecule has 1 aliphatic rings. The number of carbonyl (C=O) groups excluding carboxylic acids is 1. The van der Waals surface area contributed by atoms with Crippen LogP contribution in [0.2, 0.25) is 0 Å². The summed E-state index contributed by atoms with van der Waals surface area (Å²) in [5, 5.41) is 5.84. The maximum absolute atomic E-state index is 11.5. The minimum atomic E-state index is -0.478. The summed E-state index contributed by atoms with van der Waals surface area (Å²) in [7, 11) is 0. The number of ether oxygens (including phenoxy) is 1. The Morgan fingerprint density at radius 1 is 1.60 bits per heavy atom. The van der Waals surface area contributed by atoms with Crippen molar-refractivity contribution in [3.8, 4) is 0 Å². The summed E-state index contributed by atoms with van der Waals surface area (Å²) in [5.41, 5.74) is -0.939. The van der Waals surface area contributed by atoms with E-state index in [2.05, 4.69) is 10.6 Å². The van der Waals surface area contributed by atoms with Gasteiger partial charge in [0.25, 0.3) is 0 Å². The van der Waals surface area contributed by atoms with E-state index >= 15 is 0 Å². The van der Waals surface area contributed by atoms with Gasteiger partial charge in [-0.3, -0.25) is 0 Å². The van der Waals surface area contributed by atoms with Gasteiger partial charge < -0.3 is 15.4 Å². The lowest BCUT2D eigenvalue weighted by Crippen LogP contribution is -2.51. The van der Waals surface area contributed by atoms with E-state index in [-0.39, 0.29) is 0 Å². The van der Waals surface area contributed by atoms with Crippen LogP contribution in [0.3, 0.4) is 0 Å². The highest BCUT2D eigenvalue weighted by Crippen LogP contribution is 2.17. The molecule has 1 saturated heterocycles. The molecule has 1 aliphatic heterocycles. The number of rotatable bonds is 1. The Hall–Kier alpha value is -0.840. The summed E-state index contributed by atoms with van der Waals surface area (Å²) in [5.74, 6) is 0. The Morgan fingerprint density at radius 2 is 2.20 bits per heavy atom. The van der Waals surface area contributed by atoms with Crippen molar-refractivity contribution < 1.29 is 9.53 Å². The van der Waals surface area contributed by atoms with Gasteiger partial charge in [0.15, 0.2) is 0 Å². The maximum Gasteiger partial charge on any atom is 0.408 e. The second-order valence-electron chi connectivity index (χ2n) is 4.96. The van der Waals surface area contributed by atoms with Gasteiger partial charge in [0.2, 0.25) is 0 Å². The summed E-state index contributed by atoms with van der Waals surface area (Å²) < 4.78 is 5.18. The summed E-state index contributed by atoms with van der Waals surface area (Å²) in [6, 6.07) is 0. The molecule has 0 saturated carbocycles. The first kappa shape index (κ1) is 12.2. The van der Waals surface area contributed by atoms with Crippen molar-refractivity contribution in [3.63, 3.8) is 0 Å². The van der Waals surface area contributed by atoms with Crippen LogP contribution >= 0.6 is 12.2 Å². The molecule has 2 N–H and O–H groups in total. The minimum absolute atomic E-state index is 0.420. The van der Waals surface area contributed by atoms with Gasteiger partial charge in [-0.25, -0.2) is 4.79 Å². The lowest BCUT2D eigenvalue weighted by molar-refractivity contribution is 0.0493. The topological polar surface area (TPSA) is 50.4 Å². The number of carbonyl (C=O) groups is 1. The van der Waals surface area contributed by atoms with Crippen LogP contribution in [0.25, 0.3) is 0 Å². The van der Waals surface area contributed by atoms with Gasteiger partial charge >= 0.3 is 6.09 Å². The average Bonchev–Trinajstić information content (AvgIpc) is 2.27. The highest BCUT2D eigenvalue weighted by atomic mass is 32.1. The molecule has 1 heterocycles. The molecule has 1 amide bonds. The third kappa shape index (κ3) is 3.34. The molecule has 1 fully saturated rings. The molecular formula is C10H18N2O2S. The van der Waals surface area contributed by atoms with Crippen molar-refractivity contribution in [3.05, 3.63) is 0 Å². The normalized spacial score (nSPS) is 26.0. The van der Waals surface area contributed by atoms with E-state index < -0.39 is 17.2 Å². The highest BCUT2D eigenvalue weighted by Gasteiger charge is 2.36. The van der Waals surface area contributed by atoms with Gasteiger partial charge in [0.05, 0.1) is 5.54 Å². The first-order chi connectivity index (χ1) is 6.73. The first-order valence-corrected chi connectivity index (χ1v) is 5.43. The lowest BCUT2D eigenvalue weighted by Gasteiger charge is -2.27. The third-order valence-corrected chi connectivity index (χ3v) is 2.78. The first-order valence-electron chi connectivity index (χ1n) is 5.02. The van der Waals surface area contributed by atoms with Crippen molar-refractivity contribution in [2.45, 2.75) is 45.3 Å². The zero-order valence-corrected chi connectivity index (χ0v) is 10.5. The molecule has 5 heteroatoms. The smallest absolute Gasteiger partial charge is 0.408 e. The molecule has 0 radical (unpaired) electrons. The van der Waals surface area contributed by atoms with E-state index in [0.717, 1.165) is 13.0 Å². The molecule has 1 atom stereocenters. The molecule has 0 spiro atoms. The Kier molecular flexibility index (Phi) is 3.23. The number of thiocarbonyl (C=S) groups is 1. The quantitative estimate of drug-likeness (QED) is 0.672. The van der Waals surface area contributed by atoms with E-state index in [1.807, 2.05) is 27.7 Å². The molecule has 86 valence electrons. The van der Waals surface area contributed by atoms with Crippen LogP contribution in [0, 0.1) is 0 Å². The zero-order valence-electron chi connectivity index (χ0n) is 9.64. The molecule has 0 aliphatic carbocycles. The van der Waals surface area contributed by atoms with Gasteiger partial charge in [-0.05, 0) is 34.1 Å². The van der Waals surface area contributed by atoms with Crippen molar-refractivity contribution in [1.29, 1.82) is 0 Å². The number of hydrogen-bond acceptors (Lipinski definition) is 3. The minimum Gasteiger partial charge on any atom is -0.444 e. The number of hydrogen-bond donors (Lipinski definition) is 2. The predicted octanol–water partition coefficient (Wildman–Crippen LogP) is 1.59. The van der Waals surface area contributed by atoms with Gasteiger partial charge in [0.1, 0.15) is 10.6 Å². The number of alkyl carbamates (subject to hydrolysis) is 1. The van der Waals surface area contributed by atoms with Crippen molar-refractivity contribution >= 4 is 23.3 Å². The van der Waals surface area contributed by atoms with Crippen LogP contribution in [0.1, 0.15) is 34.1 Å². The Bertz CT molecular complexity index is 286. The van der Waals surface area contributed by atoms with Gasteiger partial charge in [0, 0.05) is 6.54 Å². The van der Waals surface area contributed by atoms with E-state index in [9.17, 15) is 4.79 Å². The van der Waals surface area contributed by atoms with Crippen molar-refractivity contribution in [1.82, 2.24) is 10.6 Å². The summed E-state index contributed by atoms with van der Waals surface area (Å²) in [4.78, 5) is 12.2. The number of amides is 1. The zero-order chi connectivity index (χ0) is 11.7. The fourth-order valence-corrected chi connectivity index (χ4v) is 1.64. The van der Waals surface area contributed by atoms with E-state index in [1.54, 1.807) is 0 Å². The SMILES string of the molecule is CC(C)(C)OC(=O)NC1(C)CCNC1=S. The van der Waals surface area contributed by atoms with Gasteiger partial charge in [-0.15, -0.1) is 0 Å². The lowest BCUT2D eigenvalue weighted by atomic mass is 10.0. The van der Waals surface area contributed by atoms with Crippen LogP contribution in [-0.2, 0) is 4.74 Å². The average molecular weight is 230 g/mol. The molecule has 0 aromatic carbocycles. The highest BCUT2D eigenvalue weighted by molar-refractivity contribution is 7.80. The monoisotopic (exact) mass is 230 g/mol. The van der Waals surface area contributed by atoms with E-state index in [1.165, 1.54) is 0 Å². The van der Waals surface area contributed by atoms with Gasteiger partial charge in [-0.2, -0.15) is 0 Å². The fourth-order valence-electron chi connectivity index (χ4n) is 1.38. The van der Waals surface area contributed by atoms with Crippen molar-refractivity contribution in [2.75, 3.05) is 6.54 Å². The van der Waals surface area contributed by atoms with Crippen LogP contribution in [-0.4, -0.2) is 28.8 Å². The van der Waals surface area contributed by atoms with Crippen molar-refractivity contribution in [2.24, 2.45) is 0 Å². The van der Waals surface area contributed by atoms with E-state index in [0.29, 0.717) is 4.99 Å². The standard InChI is InChI=1S/C10H18N2O2S/c1-9(2,3)14-8(13)12-10(4)5-6-11-7(10)15/h5-6H2,1-4H3,(H,11,15)(H,12,13). The number of nitrogens with one attached hydrogen (secondary N) is 2. The van der Waals surface area contributed by atoms with Crippen LogP contribution in [0.15, 0.2) is 0 Å². The second kappa shape index (κ2) is 3.96. The molecule has 0 aromatic heterocycles. The van der Waals surface area contributed by atoms with Crippen LogP contribution < -0.4 is 10.6 Å². The molecule has 4 nitrogen and oxygen atoms in total. The summed E-state index contributed by atoms with van der Waals surface area (Å²) >= 11 is 5.13. The molecule has 1 rings (SSSR count). The summed E-state index contributed by atoms with van der Waals surface area (Å²) in [6.45, 7) is 8.20. The predicted molar refractivity (Wildman–Crippen MR) is 63.0 cm³/mol. The molecular weight excluding hydrogens is 212 g/mol. The fraction of sp³-hybridized carbons (Fsp3) is 0.800. The Morgan fingerprint density at radius 3 is 2.60 bits per heavy atom. The molecule has 1 unspecified atom stereocenters. The van der Waals surface area contributed by atoms with Crippen LogP contribution in [0.4, 0.5) is 4.79 Å². The van der Waals surface area contributed by atoms with E-state index in [4.69, 9.17) is 17.0 Å². The Labute approximate surface area is 95.8 Å². The van der Waals surface area contributed by atoms with Crippen LogP contribution in [0.5, 0.6) is 0 Å². The summed E-state index contributed by atoms with van der Waals surface area (Å²) in [6.07, 6.45) is 0.376. The van der Waals surface area contributed by atoms with Gasteiger partial charge in [-0.1, -0.05) is 12.2 Å². The molecule has 15 heavy (non-hydrogen) atoms. The second-order valence-corrected chi connectivity index (χ2v) is 5.37. The molecule has 0 bridgehead atoms. The third-order valence-electron chi connectivity index (χ3n) is 2.19.